The molecule has 1 aromatic rings. The number of nitrogens with one attached hydrogen (secondary N) is 1. The number of rotatable bonds is 4. The van der Waals surface area contributed by atoms with E-state index in [0.717, 1.165) is 27.7 Å². The van der Waals surface area contributed by atoms with E-state index in [1.165, 1.54) is 0 Å². The first-order valence-electron chi connectivity index (χ1n) is 6.91. The van der Waals surface area contributed by atoms with E-state index in [1.54, 1.807) is 0 Å². The molecule has 0 aliphatic rings. The first-order valence-corrected chi connectivity index (χ1v) is 7.71. The van der Waals surface area contributed by atoms with E-state index >= 15 is 0 Å². The summed E-state index contributed by atoms with van der Waals surface area (Å²) >= 11 is 3.46. The molecule has 0 saturated carbocycles. The smallest absolute Gasteiger partial charge is 0.228 e. The molecule has 0 spiro atoms. The van der Waals surface area contributed by atoms with Crippen LogP contribution in [-0.4, -0.2) is 12.5 Å². The molecule has 0 bridgehead atoms. The van der Waals surface area contributed by atoms with Gasteiger partial charge in [-0.15, -0.1) is 0 Å². The van der Waals surface area contributed by atoms with Gasteiger partial charge in [-0.25, -0.2) is 0 Å². The number of halogens is 1. The van der Waals surface area contributed by atoms with Crippen molar-refractivity contribution in [2.75, 3.05) is 11.9 Å². The minimum Gasteiger partial charge on any atom is -0.330 e. The standard InChI is InChI=1S/C16H25BrN2O/c1-10-6-13(17)7-11(2)14(10)19-15(20)12(9-18)8-16(3,4)5/h6-7,12H,8-9,18H2,1-5H3,(H,19,20). The first-order chi connectivity index (χ1) is 9.14. The molecule has 0 aromatic heterocycles. The van der Waals surface area contributed by atoms with Crippen LogP contribution in [0.4, 0.5) is 5.69 Å². The van der Waals surface area contributed by atoms with Gasteiger partial charge in [0.15, 0.2) is 0 Å². The van der Waals surface area contributed by atoms with Crippen LogP contribution in [0.25, 0.3) is 0 Å². The third-order valence-corrected chi connectivity index (χ3v) is 3.72. The van der Waals surface area contributed by atoms with Crippen molar-refractivity contribution in [2.45, 2.75) is 41.0 Å². The van der Waals surface area contributed by atoms with Crippen molar-refractivity contribution in [1.82, 2.24) is 0 Å². The highest BCUT2D eigenvalue weighted by atomic mass is 79.9. The lowest BCUT2D eigenvalue weighted by Crippen LogP contribution is -2.32. The molecule has 0 aliphatic carbocycles. The summed E-state index contributed by atoms with van der Waals surface area (Å²) in [6, 6.07) is 4.01. The summed E-state index contributed by atoms with van der Waals surface area (Å²) in [6.45, 7) is 10.7. The number of anilines is 1. The molecule has 0 fully saturated rings. The second kappa shape index (κ2) is 6.72. The SMILES string of the molecule is Cc1cc(Br)cc(C)c1NC(=O)C(CN)CC(C)(C)C. The molecule has 3 N–H and O–H groups in total. The van der Waals surface area contributed by atoms with Gasteiger partial charge in [0.05, 0.1) is 5.92 Å². The lowest BCUT2D eigenvalue weighted by Gasteiger charge is -2.25. The number of nitrogens with two attached hydrogens (primary N) is 1. The number of carbonyl (C=O) groups excluding carboxylic acids is 1. The highest BCUT2D eigenvalue weighted by molar-refractivity contribution is 9.10. The zero-order valence-electron chi connectivity index (χ0n) is 13.0. The number of carbonyl (C=O) groups is 1. The Morgan fingerprint density at radius 2 is 1.80 bits per heavy atom. The highest BCUT2D eigenvalue weighted by Gasteiger charge is 2.24. The number of hydrogen-bond donors (Lipinski definition) is 2. The fourth-order valence-corrected chi connectivity index (χ4v) is 3.04. The topological polar surface area (TPSA) is 55.1 Å². The maximum absolute atomic E-state index is 12.4. The van der Waals surface area contributed by atoms with E-state index in [-0.39, 0.29) is 17.2 Å². The first kappa shape index (κ1) is 17.2. The van der Waals surface area contributed by atoms with Crippen LogP contribution in [0.15, 0.2) is 16.6 Å². The summed E-state index contributed by atoms with van der Waals surface area (Å²) in [4.78, 5) is 12.4. The van der Waals surface area contributed by atoms with Gasteiger partial charge in [0.25, 0.3) is 0 Å². The summed E-state index contributed by atoms with van der Waals surface area (Å²) in [5.74, 6) is -0.145. The molecule has 20 heavy (non-hydrogen) atoms. The van der Waals surface area contributed by atoms with Crippen LogP contribution in [0.2, 0.25) is 0 Å². The Bertz CT molecular complexity index is 469. The predicted molar refractivity (Wildman–Crippen MR) is 88.9 cm³/mol. The lowest BCUT2D eigenvalue weighted by molar-refractivity contribution is -0.120. The fourth-order valence-electron chi connectivity index (χ4n) is 2.36. The molecular weight excluding hydrogens is 316 g/mol. The Morgan fingerprint density at radius 1 is 1.30 bits per heavy atom. The van der Waals surface area contributed by atoms with Gasteiger partial charge in [-0.2, -0.15) is 0 Å². The Hall–Kier alpha value is -0.870. The van der Waals surface area contributed by atoms with E-state index in [1.807, 2.05) is 26.0 Å². The van der Waals surface area contributed by atoms with Crippen molar-refractivity contribution in [2.24, 2.45) is 17.1 Å². The molecule has 0 radical (unpaired) electrons. The van der Waals surface area contributed by atoms with Crippen molar-refractivity contribution < 1.29 is 4.79 Å². The van der Waals surface area contributed by atoms with Crippen LogP contribution in [0, 0.1) is 25.2 Å². The van der Waals surface area contributed by atoms with Crippen LogP contribution in [0.1, 0.15) is 38.3 Å². The number of hydrogen-bond acceptors (Lipinski definition) is 2. The zero-order valence-corrected chi connectivity index (χ0v) is 14.6. The molecule has 0 aliphatic heterocycles. The molecule has 112 valence electrons. The maximum Gasteiger partial charge on any atom is 0.228 e. The van der Waals surface area contributed by atoms with Crippen molar-refractivity contribution in [1.29, 1.82) is 0 Å². The van der Waals surface area contributed by atoms with E-state index in [9.17, 15) is 4.79 Å². The molecule has 0 saturated heterocycles. The van der Waals surface area contributed by atoms with Crippen molar-refractivity contribution in [3.63, 3.8) is 0 Å². The van der Waals surface area contributed by atoms with Crippen molar-refractivity contribution >= 4 is 27.5 Å². The Labute approximate surface area is 130 Å². The third kappa shape index (κ3) is 4.91. The summed E-state index contributed by atoms with van der Waals surface area (Å²) in [6.07, 6.45) is 0.782. The van der Waals surface area contributed by atoms with E-state index in [0.29, 0.717) is 6.54 Å². The summed E-state index contributed by atoms with van der Waals surface area (Å²) in [5, 5.41) is 3.04. The minimum absolute atomic E-state index is 0.0101. The van der Waals surface area contributed by atoms with Crippen LogP contribution in [0.3, 0.4) is 0 Å². The number of amides is 1. The van der Waals surface area contributed by atoms with Gasteiger partial charge in [0.1, 0.15) is 0 Å². The van der Waals surface area contributed by atoms with Gasteiger partial charge in [0.2, 0.25) is 5.91 Å². The van der Waals surface area contributed by atoms with Gasteiger partial charge in [-0.3, -0.25) is 4.79 Å². The monoisotopic (exact) mass is 340 g/mol. The van der Waals surface area contributed by atoms with Crippen LogP contribution >= 0.6 is 15.9 Å². The molecular formula is C16H25BrN2O. The average Bonchev–Trinajstić information content (AvgIpc) is 2.29. The zero-order chi connectivity index (χ0) is 15.5. The summed E-state index contributed by atoms with van der Waals surface area (Å²) in [5.41, 5.74) is 8.85. The quantitative estimate of drug-likeness (QED) is 0.869. The minimum atomic E-state index is -0.155. The second-order valence-corrected chi connectivity index (χ2v) is 7.52. The van der Waals surface area contributed by atoms with Gasteiger partial charge in [-0.05, 0) is 48.9 Å². The largest absolute Gasteiger partial charge is 0.330 e. The Morgan fingerprint density at radius 3 is 2.20 bits per heavy atom. The van der Waals surface area contributed by atoms with Gasteiger partial charge in [0, 0.05) is 16.7 Å². The summed E-state index contributed by atoms with van der Waals surface area (Å²) < 4.78 is 1.02. The number of aryl methyl sites for hydroxylation is 2. The molecule has 1 aromatic carbocycles. The Balaban J connectivity index is 2.89. The van der Waals surface area contributed by atoms with E-state index < -0.39 is 0 Å². The average molecular weight is 341 g/mol. The maximum atomic E-state index is 12.4. The molecule has 4 heteroatoms. The molecule has 1 amide bonds. The highest BCUT2D eigenvalue weighted by Crippen LogP contribution is 2.28. The van der Waals surface area contributed by atoms with Crippen LogP contribution in [-0.2, 0) is 4.79 Å². The Kier molecular flexibility index (Phi) is 5.78. The van der Waals surface area contributed by atoms with E-state index in [4.69, 9.17) is 5.73 Å². The predicted octanol–water partition coefficient (Wildman–Crippen LogP) is 4.02. The third-order valence-electron chi connectivity index (χ3n) is 3.26. The van der Waals surface area contributed by atoms with Crippen molar-refractivity contribution in [3.05, 3.63) is 27.7 Å². The van der Waals surface area contributed by atoms with Crippen molar-refractivity contribution in [3.8, 4) is 0 Å². The molecule has 1 unspecified atom stereocenters. The van der Waals surface area contributed by atoms with Gasteiger partial charge < -0.3 is 11.1 Å². The molecule has 1 atom stereocenters. The fraction of sp³-hybridized carbons (Fsp3) is 0.562. The van der Waals surface area contributed by atoms with Crippen LogP contribution < -0.4 is 11.1 Å². The molecule has 3 nitrogen and oxygen atoms in total. The lowest BCUT2D eigenvalue weighted by atomic mass is 9.84. The normalized spacial score (nSPS) is 13.2. The van der Waals surface area contributed by atoms with Crippen LogP contribution in [0.5, 0.6) is 0 Å². The van der Waals surface area contributed by atoms with Gasteiger partial charge in [-0.1, -0.05) is 36.7 Å². The second-order valence-electron chi connectivity index (χ2n) is 6.60. The number of benzene rings is 1. The molecule has 1 rings (SSSR count). The van der Waals surface area contributed by atoms with Gasteiger partial charge >= 0.3 is 0 Å². The molecule has 0 heterocycles. The summed E-state index contributed by atoms with van der Waals surface area (Å²) in [7, 11) is 0. The van der Waals surface area contributed by atoms with E-state index in [2.05, 4.69) is 42.0 Å².